The maximum absolute atomic E-state index is 11.2. The Morgan fingerprint density at radius 1 is 1.58 bits per heavy atom. The van der Waals surface area contributed by atoms with Crippen LogP contribution in [0.1, 0.15) is 24.0 Å². The largest absolute Gasteiger partial charge is 0.480 e. The highest BCUT2D eigenvalue weighted by molar-refractivity contribution is 5.79. The van der Waals surface area contributed by atoms with Gasteiger partial charge in [-0.15, -0.1) is 0 Å². The zero-order chi connectivity index (χ0) is 14.3. The molecule has 0 amide bonds. The van der Waals surface area contributed by atoms with Crippen molar-refractivity contribution in [3.8, 4) is 6.07 Å². The molecule has 0 bridgehead atoms. The lowest BCUT2D eigenvalue weighted by Crippen LogP contribution is -2.30. The molecular weight excluding hydrogens is 244 g/mol. The molecule has 1 atom stereocenters. The summed E-state index contributed by atoms with van der Waals surface area (Å²) in [5.41, 5.74) is 1.91. The van der Waals surface area contributed by atoms with E-state index in [1.54, 1.807) is 19.2 Å². The predicted molar refractivity (Wildman–Crippen MR) is 72.1 cm³/mol. The number of nitrogens with one attached hydrogen (secondary N) is 1. The van der Waals surface area contributed by atoms with E-state index in [9.17, 15) is 9.90 Å². The Morgan fingerprint density at radius 2 is 2.32 bits per heavy atom. The Balaban J connectivity index is 2.85. The van der Waals surface area contributed by atoms with Gasteiger partial charge in [0.15, 0.2) is 0 Å². The van der Waals surface area contributed by atoms with Gasteiger partial charge in [-0.25, -0.2) is 4.79 Å². The molecule has 0 aliphatic heterocycles. The third-order valence-electron chi connectivity index (χ3n) is 2.85. The van der Waals surface area contributed by atoms with Gasteiger partial charge >= 0.3 is 5.97 Å². The number of carboxylic acid groups (broad SMARTS) is 1. The third kappa shape index (κ3) is 4.27. The van der Waals surface area contributed by atoms with Crippen molar-refractivity contribution in [2.24, 2.45) is 0 Å². The summed E-state index contributed by atoms with van der Waals surface area (Å²) in [7, 11) is 1.58. The van der Waals surface area contributed by atoms with Crippen molar-refractivity contribution in [1.82, 2.24) is 0 Å². The highest BCUT2D eigenvalue weighted by atomic mass is 16.5. The molecular formula is C14H18N2O3. The molecule has 0 aliphatic rings. The summed E-state index contributed by atoms with van der Waals surface area (Å²) >= 11 is 0. The smallest absolute Gasteiger partial charge is 0.326 e. The van der Waals surface area contributed by atoms with E-state index < -0.39 is 12.0 Å². The molecule has 0 radical (unpaired) electrons. The number of benzene rings is 1. The fourth-order valence-corrected chi connectivity index (χ4v) is 1.82. The molecule has 0 heterocycles. The standard InChI is InChI=1S/C14H18N2O3/c1-10-5-3-6-11(9-15)13(10)16-12(14(17)18)7-4-8-19-2/h3,5-6,12,16H,4,7-8H2,1-2H3,(H,17,18). The SMILES string of the molecule is COCCCC(Nc1c(C)cccc1C#N)C(=O)O. The topological polar surface area (TPSA) is 82.3 Å². The van der Waals surface area contributed by atoms with Gasteiger partial charge in [-0.1, -0.05) is 12.1 Å². The van der Waals surface area contributed by atoms with E-state index in [2.05, 4.69) is 11.4 Å². The minimum Gasteiger partial charge on any atom is -0.480 e. The maximum Gasteiger partial charge on any atom is 0.326 e. The van der Waals surface area contributed by atoms with Crippen LogP contribution in [-0.4, -0.2) is 30.8 Å². The van der Waals surface area contributed by atoms with Crippen molar-refractivity contribution >= 4 is 11.7 Å². The van der Waals surface area contributed by atoms with Crippen LogP contribution in [0.5, 0.6) is 0 Å². The second kappa shape index (κ2) is 7.39. The first-order valence-corrected chi connectivity index (χ1v) is 6.08. The lowest BCUT2D eigenvalue weighted by molar-refractivity contribution is -0.138. The number of rotatable bonds is 7. The van der Waals surface area contributed by atoms with Crippen molar-refractivity contribution in [3.05, 3.63) is 29.3 Å². The predicted octanol–water partition coefficient (Wildman–Crippen LogP) is 2.16. The molecule has 1 unspecified atom stereocenters. The Hall–Kier alpha value is -2.06. The highest BCUT2D eigenvalue weighted by Crippen LogP contribution is 2.21. The number of anilines is 1. The van der Waals surface area contributed by atoms with Crippen LogP contribution in [0.2, 0.25) is 0 Å². The summed E-state index contributed by atoms with van der Waals surface area (Å²) < 4.78 is 4.92. The van der Waals surface area contributed by atoms with Crippen LogP contribution in [0, 0.1) is 18.3 Å². The first kappa shape index (κ1) is 15.0. The van der Waals surface area contributed by atoms with Crippen LogP contribution >= 0.6 is 0 Å². The average molecular weight is 262 g/mol. The van der Waals surface area contributed by atoms with Crippen LogP contribution in [0.3, 0.4) is 0 Å². The molecule has 0 aromatic heterocycles. The van der Waals surface area contributed by atoms with Gasteiger partial charge < -0.3 is 15.2 Å². The summed E-state index contributed by atoms with van der Waals surface area (Å²) in [4.78, 5) is 11.2. The van der Waals surface area contributed by atoms with Gasteiger partial charge in [-0.05, 0) is 31.4 Å². The molecule has 0 saturated carbocycles. The molecule has 0 aliphatic carbocycles. The first-order valence-electron chi connectivity index (χ1n) is 6.08. The Morgan fingerprint density at radius 3 is 2.89 bits per heavy atom. The van der Waals surface area contributed by atoms with E-state index in [4.69, 9.17) is 10.00 Å². The van der Waals surface area contributed by atoms with E-state index >= 15 is 0 Å². The van der Waals surface area contributed by atoms with E-state index in [1.807, 2.05) is 13.0 Å². The summed E-state index contributed by atoms with van der Waals surface area (Å²) in [5.74, 6) is -0.928. The maximum atomic E-state index is 11.2. The summed E-state index contributed by atoms with van der Waals surface area (Å²) in [6.07, 6.45) is 1.09. The molecule has 19 heavy (non-hydrogen) atoms. The normalized spacial score (nSPS) is 11.6. The van der Waals surface area contributed by atoms with Gasteiger partial charge in [-0.3, -0.25) is 0 Å². The highest BCUT2D eigenvalue weighted by Gasteiger charge is 2.19. The number of ether oxygens (including phenoxy) is 1. The fourth-order valence-electron chi connectivity index (χ4n) is 1.82. The number of carboxylic acids is 1. The molecule has 102 valence electrons. The van der Waals surface area contributed by atoms with Crippen LogP contribution in [0.15, 0.2) is 18.2 Å². The van der Waals surface area contributed by atoms with Crippen molar-refractivity contribution in [1.29, 1.82) is 5.26 Å². The van der Waals surface area contributed by atoms with Gasteiger partial charge in [0.2, 0.25) is 0 Å². The quantitative estimate of drug-likeness (QED) is 0.736. The molecule has 0 saturated heterocycles. The number of hydrogen-bond donors (Lipinski definition) is 2. The number of nitrogens with zero attached hydrogens (tertiary/aromatic N) is 1. The molecule has 1 rings (SSSR count). The molecule has 5 heteroatoms. The van der Waals surface area contributed by atoms with Gasteiger partial charge in [0.25, 0.3) is 0 Å². The minimum absolute atomic E-state index is 0.447. The number of nitriles is 1. The van der Waals surface area contributed by atoms with Crippen LogP contribution < -0.4 is 5.32 Å². The van der Waals surface area contributed by atoms with Crippen molar-refractivity contribution < 1.29 is 14.6 Å². The summed E-state index contributed by atoms with van der Waals surface area (Å²) in [6.45, 7) is 2.36. The first-order chi connectivity index (χ1) is 9.10. The van der Waals surface area contributed by atoms with Gasteiger partial charge in [0, 0.05) is 13.7 Å². The van der Waals surface area contributed by atoms with Crippen LogP contribution in [0.4, 0.5) is 5.69 Å². The molecule has 1 aromatic carbocycles. The number of aryl methyl sites for hydroxylation is 1. The lowest BCUT2D eigenvalue weighted by atomic mass is 10.1. The van der Waals surface area contributed by atoms with Crippen molar-refractivity contribution in [3.63, 3.8) is 0 Å². The fraction of sp³-hybridized carbons (Fsp3) is 0.429. The number of hydrogen-bond acceptors (Lipinski definition) is 4. The number of aliphatic carboxylic acids is 1. The molecule has 5 nitrogen and oxygen atoms in total. The summed E-state index contributed by atoms with van der Waals surface area (Å²) in [5, 5.41) is 21.2. The number of carbonyl (C=O) groups is 1. The van der Waals surface area contributed by atoms with Crippen LogP contribution in [-0.2, 0) is 9.53 Å². The van der Waals surface area contributed by atoms with E-state index in [0.29, 0.717) is 30.7 Å². The second-order valence-electron chi connectivity index (χ2n) is 4.28. The molecule has 0 fully saturated rings. The van der Waals surface area contributed by atoms with E-state index in [-0.39, 0.29) is 0 Å². The monoisotopic (exact) mass is 262 g/mol. The van der Waals surface area contributed by atoms with Gasteiger partial charge in [0.1, 0.15) is 12.1 Å². The summed E-state index contributed by atoms with van der Waals surface area (Å²) in [6, 6.07) is 6.64. The van der Waals surface area contributed by atoms with Gasteiger partial charge in [0.05, 0.1) is 11.3 Å². The minimum atomic E-state index is -0.928. The molecule has 0 spiro atoms. The molecule has 1 aromatic rings. The van der Waals surface area contributed by atoms with Crippen molar-refractivity contribution in [2.75, 3.05) is 19.0 Å². The van der Waals surface area contributed by atoms with E-state index in [1.165, 1.54) is 0 Å². The lowest BCUT2D eigenvalue weighted by Gasteiger charge is -2.18. The zero-order valence-corrected chi connectivity index (χ0v) is 11.1. The Bertz CT molecular complexity index is 480. The van der Waals surface area contributed by atoms with Gasteiger partial charge in [-0.2, -0.15) is 5.26 Å². The molecule has 2 N–H and O–H groups in total. The number of methoxy groups -OCH3 is 1. The third-order valence-corrected chi connectivity index (χ3v) is 2.85. The van der Waals surface area contributed by atoms with Crippen molar-refractivity contribution in [2.45, 2.75) is 25.8 Å². The number of para-hydroxylation sites is 1. The zero-order valence-electron chi connectivity index (χ0n) is 11.1. The second-order valence-corrected chi connectivity index (χ2v) is 4.28. The van der Waals surface area contributed by atoms with E-state index in [0.717, 1.165) is 5.56 Å². The Labute approximate surface area is 112 Å². The average Bonchev–Trinajstić information content (AvgIpc) is 2.39. The Kier molecular flexibility index (Phi) is 5.83. The van der Waals surface area contributed by atoms with Crippen LogP contribution in [0.25, 0.3) is 0 Å².